The summed E-state index contributed by atoms with van der Waals surface area (Å²) in [5.41, 5.74) is 10.1. The molecule has 4 rings (SSSR count). The van der Waals surface area contributed by atoms with Gasteiger partial charge in [-0.3, -0.25) is 4.79 Å². The van der Waals surface area contributed by atoms with Gasteiger partial charge in [-0.1, -0.05) is 18.2 Å². The molecule has 0 atom stereocenters. The summed E-state index contributed by atoms with van der Waals surface area (Å²) in [6, 6.07) is 11.5. The number of aromatic nitrogens is 2. The van der Waals surface area contributed by atoms with Crippen LogP contribution in [0.3, 0.4) is 0 Å². The first-order chi connectivity index (χ1) is 10.3. The average Bonchev–Trinajstić information content (AvgIpc) is 3.11. The van der Waals surface area contributed by atoms with E-state index < -0.39 is 0 Å². The van der Waals surface area contributed by atoms with Gasteiger partial charge in [-0.25, -0.2) is 4.52 Å². The molecule has 21 heavy (non-hydrogen) atoms. The van der Waals surface area contributed by atoms with E-state index in [0.29, 0.717) is 17.8 Å². The van der Waals surface area contributed by atoms with Crippen LogP contribution in [0.25, 0.3) is 5.52 Å². The highest BCUT2D eigenvalue weighted by Crippen LogP contribution is 2.34. The van der Waals surface area contributed by atoms with Gasteiger partial charge in [-0.15, -0.1) is 0 Å². The second kappa shape index (κ2) is 4.34. The molecule has 0 fully saturated rings. The first-order valence-electron chi connectivity index (χ1n) is 6.87. The second-order valence-electron chi connectivity index (χ2n) is 5.15. The molecule has 1 aliphatic rings. The van der Waals surface area contributed by atoms with Gasteiger partial charge >= 0.3 is 0 Å². The maximum Gasteiger partial charge on any atom is 0.262 e. The van der Waals surface area contributed by atoms with E-state index in [2.05, 4.69) is 5.10 Å². The first-order valence-corrected chi connectivity index (χ1v) is 6.87. The van der Waals surface area contributed by atoms with E-state index in [-0.39, 0.29) is 5.91 Å². The zero-order valence-corrected chi connectivity index (χ0v) is 11.4. The summed E-state index contributed by atoms with van der Waals surface area (Å²) in [5, 5.41) is 4.23. The van der Waals surface area contributed by atoms with Crippen molar-refractivity contribution in [3.8, 4) is 0 Å². The van der Waals surface area contributed by atoms with Crippen molar-refractivity contribution in [3.05, 3.63) is 59.9 Å². The molecule has 0 spiro atoms. The van der Waals surface area contributed by atoms with Crippen molar-refractivity contribution in [2.24, 2.45) is 0 Å². The van der Waals surface area contributed by atoms with Crippen molar-refractivity contribution in [3.63, 3.8) is 0 Å². The van der Waals surface area contributed by atoms with Crippen molar-refractivity contribution in [2.75, 3.05) is 17.2 Å². The normalized spacial score (nSPS) is 13.6. The van der Waals surface area contributed by atoms with Crippen LogP contribution in [0.15, 0.2) is 48.8 Å². The molecule has 3 aromatic rings. The number of rotatable bonds is 1. The molecule has 5 heteroatoms. The van der Waals surface area contributed by atoms with E-state index in [1.165, 1.54) is 0 Å². The highest BCUT2D eigenvalue weighted by molar-refractivity contribution is 6.12. The third-order valence-corrected chi connectivity index (χ3v) is 3.93. The summed E-state index contributed by atoms with van der Waals surface area (Å²) in [5.74, 6) is -0.0483. The Kier molecular flexibility index (Phi) is 2.47. The van der Waals surface area contributed by atoms with Crippen molar-refractivity contribution in [2.45, 2.75) is 6.42 Å². The van der Waals surface area contributed by atoms with E-state index in [1.807, 2.05) is 42.6 Å². The smallest absolute Gasteiger partial charge is 0.262 e. The number of benzene rings is 1. The van der Waals surface area contributed by atoms with Gasteiger partial charge in [0.1, 0.15) is 0 Å². The number of anilines is 2. The largest absolute Gasteiger partial charge is 0.397 e. The lowest BCUT2D eigenvalue weighted by atomic mass is 10.1. The van der Waals surface area contributed by atoms with Crippen LogP contribution in [0.1, 0.15) is 15.9 Å². The Hall–Kier alpha value is -2.82. The van der Waals surface area contributed by atoms with Crippen LogP contribution in [0.5, 0.6) is 0 Å². The number of nitrogens with zero attached hydrogens (tertiary/aromatic N) is 3. The third-order valence-electron chi connectivity index (χ3n) is 3.93. The van der Waals surface area contributed by atoms with E-state index in [1.54, 1.807) is 15.6 Å². The summed E-state index contributed by atoms with van der Waals surface area (Å²) >= 11 is 0. The highest BCUT2D eigenvalue weighted by Gasteiger charge is 2.28. The molecule has 2 N–H and O–H groups in total. The van der Waals surface area contributed by atoms with Gasteiger partial charge in [0.05, 0.1) is 28.7 Å². The quantitative estimate of drug-likeness (QED) is 0.693. The standard InChI is InChI=1S/C16H14N4O/c17-13-5-3-4-11-7-9-19(15(11)13)16(21)12-10-18-20-8-2-1-6-14(12)20/h1-6,8,10H,7,9,17H2. The fourth-order valence-corrected chi connectivity index (χ4v) is 2.93. The van der Waals surface area contributed by atoms with E-state index in [9.17, 15) is 4.79 Å². The molecule has 1 aliphatic heterocycles. The zero-order chi connectivity index (χ0) is 14.4. The lowest BCUT2D eigenvalue weighted by Crippen LogP contribution is -2.29. The molecule has 0 unspecified atom stereocenters. The topological polar surface area (TPSA) is 63.6 Å². The number of para-hydroxylation sites is 1. The van der Waals surface area contributed by atoms with Crippen LogP contribution in [-0.4, -0.2) is 22.1 Å². The number of nitrogens with two attached hydrogens (primary N) is 1. The molecule has 0 aliphatic carbocycles. The number of hydrogen-bond acceptors (Lipinski definition) is 3. The number of amides is 1. The number of carbonyl (C=O) groups excluding carboxylic acids is 1. The van der Waals surface area contributed by atoms with Crippen molar-refractivity contribution >= 4 is 22.8 Å². The Labute approximate surface area is 121 Å². The van der Waals surface area contributed by atoms with E-state index >= 15 is 0 Å². The minimum atomic E-state index is -0.0483. The predicted octanol–water partition coefficient (Wildman–Crippen LogP) is 2.12. The van der Waals surface area contributed by atoms with Crippen LogP contribution in [0.4, 0.5) is 11.4 Å². The highest BCUT2D eigenvalue weighted by atomic mass is 16.2. The van der Waals surface area contributed by atoms with Crippen LogP contribution < -0.4 is 10.6 Å². The minimum Gasteiger partial charge on any atom is -0.397 e. The van der Waals surface area contributed by atoms with Gasteiger partial charge in [-0.2, -0.15) is 5.10 Å². The fourth-order valence-electron chi connectivity index (χ4n) is 2.93. The number of pyridine rings is 1. The lowest BCUT2D eigenvalue weighted by Gasteiger charge is -2.18. The maximum atomic E-state index is 12.9. The van der Waals surface area contributed by atoms with Crippen molar-refractivity contribution in [1.29, 1.82) is 0 Å². The molecule has 104 valence electrons. The molecule has 1 amide bonds. The van der Waals surface area contributed by atoms with Gasteiger partial charge in [0.15, 0.2) is 0 Å². The number of fused-ring (bicyclic) bond motifs is 2. The Morgan fingerprint density at radius 3 is 3.00 bits per heavy atom. The van der Waals surface area contributed by atoms with Crippen LogP contribution in [-0.2, 0) is 6.42 Å². The summed E-state index contributed by atoms with van der Waals surface area (Å²) in [6.07, 6.45) is 4.29. The number of carbonyl (C=O) groups is 1. The van der Waals surface area contributed by atoms with E-state index in [4.69, 9.17) is 5.73 Å². The molecular formula is C16H14N4O. The fraction of sp³-hybridized carbons (Fsp3) is 0.125. The monoisotopic (exact) mass is 278 g/mol. The van der Waals surface area contributed by atoms with Crippen LogP contribution in [0, 0.1) is 0 Å². The SMILES string of the molecule is Nc1cccc2c1N(C(=O)c1cnn3ccccc13)CC2. The van der Waals surface area contributed by atoms with Gasteiger partial charge in [0.2, 0.25) is 0 Å². The number of hydrogen-bond donors (Lipinski definition) is 1. The van der Waals surface area contributed by atoms with Gasteiger partial charge in [0.25, 0.3) is 5.91 Å². The second-order valence-corrected chi connectivity index (χ2v) is 5.15. The van der Waals surface area contributed by atoms with Crippen molar-refractivity contribution < 1.29 is 4.79 Å². The predicted molar refractivity (Wildman–Crippen MR) is 81.4 cm³/mol. The lowest BCUT2D eigenvalue weighted by molar-refractivity contribution is 0.0991. The maximum absolute atomic E-state index is 12.9. The average molecular weight is 278 g/mol. The minimum absolute atomic E-state index is 0.0483. The zero-order valence-electron chi connectivity index (χ0n) is 11.4. The van der Waals surface area contributed by atoms with Crippen LogP contribution >= 0.6 is 0 Å². The third kappa shape index (κ3) is 1.71. The summed E-state index contributed by atoms with van der Waals surface area (Å²) < 4.78 is 1.71. The van der Waals surface area contributed by atoms with Gasteiger partial charge < -0.3 is 10.6 Å². The first kappa shape index (κ1) is 12.0. The molecular weight excluding hydrogens is 264 g/mol. The molecule has 2 aromatic heterocycles. The van der Waals surface area contributed by atoms with Crippen molar-refractivity contribution in [1.82, 2.24) is 9.61 Å². The molecule has 0 bridgehead atoms. The Morgan fingerprint density at radius 1 is 1.19 bits per heavy atom. The molecule has 3 heterocycles. The van der Waals surface area contributed by atoms with Gasteiger partial charge in [-0.05, 0) is 30.2 Å². The molecule has 1 aromatic carbocycles. The molecule has 5 nitrogen and oxygen atoms in total. The van der Waals surface area contributed by atoms with Crippen LogP contribution in [0.2, 0.25) is 0 Å². The Balaban J connectivity index is 1.81. The number of nitrogen functional groups attached to an aromatic ring is 1. The summed E-state index contributed by atoms with van der Waals surface area (Å²) in [4.78, 5) is 14.6. The summed E-state index contributed by atoms with van der Waals surface area (Å²) in [6.45, 7) is 0.659. The molecule has 0 saturated heterocycles. The summed E-state index contributed by atoms with van der Waals surface area (Å²) in [7, 11) is 0. The van der Waals surface area contributed by atoms with E-state index in [0.717, 1.165) is 23.2 Å². The van der Waals surface area contributed by atoms with Gasteiger partial charge in [0, 0.05) is 12.7 Å². The Bertz CT molecular complexity index is 852. The molecule has 0 saturated carbocycles. The molecule has 0 radical (unpaired) electrons. The Morgan fingerprint density at radius 2 is 2.10 bits per heavy atom.